The van der Waals surface area contributed by atoms with Crippen LogP contribution >= 0.6 is 0 Å². The number of benzene rings is 1. The van der Waals surface area contributed by atoms with Crippen LogP contribution in [0.1, 0.15) is 48.9 Å². The van der Waals surface area contributed by atoms with E-state index in [0.717, 1.165) is 6.42 Å². The Kier molecular flexibility index (Phi) is 5.61. The van der Waals surface area contributed by atoms with Gasteiger partial charge in [0.15, 0.2) is 5.82 Å². The molecule has 146 valence electrons. The highest BCUT2D eigenvalue weighted by Crippen LogP contribution is 2.35. The molecule has 0 bridgehead atoms. The van der Waals surface area contributed by atoms with Crippen LogP contribution in [-0.2, 0) is 17.1 Å². The van der Waals surface area contributed by atoms with Gasteiger partial charge in [0, 0.05) is 32.2 Å². The van der Waals surface area contributed by atoms with E-state index >= 15 is 0 Å². The maximum atomic E-state index is 13.2. The molecule has 0 spiro atoms. The Morgan fingerprint density at radius 1 is 1.22 bits per heavy atom. The number of nitrogens with zero attached hydrogens (tertiary/aromatic N) is 5. The van der Waals surface area contributed by atoms with Crippen molar-refractivity contribution in [2.45, 2.75) is 37.6 Å². The number of carbonyl (C=O) groups is 1. The lowest BCUT2D eigenvalue weighted by Gasteiger charge is -2.23. The van der Waals surface area contributed by atoms with Gasteiger partial charge in [-0.15, -0.1) is 10.2 Å². The van der Waals surface area contributed by atoms with Crippen LogP contribution in [0.15, 0.2) is 35.5 Å². The van der Waals surface area contributed by atoms with E-state index in [1.165, 1.54) is 16.4 Å². The van der Waals surface area contributed by atoms with E-state index in [2.05, 4.69) is 10.2 Å². The molecule has 1 unspecified atom stereocenters. The molecule has 9 heteroatoms. The van der Waals surface area contributed by atoms with Crippen LogP contribution in [0.2, 0.25) is 0 Å². The number of carbonyl (C=O) groups excluding carboxylic acids is 1. The first-order valence-corrected chi connectivity index (χ1v) is 10.6. The van der Waals surface area contributed by atoms with Gasteiger partial charge in [0.1, 0.15) is 6.33 Å². The highest BCUT2D eigenvalue weighted by atomic mass is 32.2. The fraction of sp³-hybridized carbons (Fsp3) is 0.500. The first-order chi connectivity index (χ1) is 12.9. The summed E-state index contributed by atoms with van der Waals surface area (Å²) in [4.78, 5) is 14.3. The van der Waals surface area contributed by atoms with Crippen LogP contribution in [0.3, 0.4) is 0 Å². The summed E-state index contributed by atoms with van der Waals surface area (Å²) in [6, 6.07) is 5.87. The maximum Gasteiger partial charge on any atom is 0.253 e. The van der Waals surface area contributed by atoms with Crippen LogP contribution in [0.25, 0.3) is 0 Å². The fourth-order valence-corrected chi connectivity index (χ4v) is 5.13. The normalized spacial score (nSPS) is 18.0. The SMILES string of the molecule is CCN(CC)C(=O)c1ccc(S(=O)(=O)N2CCCC2c2nncn2C)cc1. The Labute approximate surface area is 159 Å². The summed E-state index contributed by atoms with van der Waals surface area (Å²) in [7, 11) is -1.87. The molecule has 1 fully saturated rings. The molecule has 1 atom stereocenters. The van der Waals surface area contributed by atoms with Gasteiger partial charge in [0.25, 0.3) is 5.91 Å². The number of hydrogen-bond donors (Lipinski definition) is 0. The average Bonchev–Trinajstić information content (AvgIpc) is 3.31. The summed E-state index contributed by atoms with van der Waals surface area (Å²) in [5.74, 6) is 0.548. The van der Waals surface area contributed by atoms with E-state index in [4.69, 9.17) is 0 Å². The van der Waals surface area contributed by atoms with Crippen LogP contribution in [0, 0.1) is 0 Å². The summed E-state index contributed by atoms with van der Waals surface area (Å²) in [5, 5.41) is 7.96. The van der Waals surface area contributed by atoms with Gasteiger partial charge in [-0.1, -0.05) is 0 Å². The zero-order chi connectivity index (χ0) is 19.6. The predicted octanol–water partition coefficient (Wildman–Crippen LogP) is 1.82. The molecule has 8 nitrogen and oxygen atoms in total. The van der Waals surface area contributed by atoms with E-state index in [0.29, 0.717) is 37.4 Å². The summed E-state index contributed by atoms with van der Waals surface area (Å²) in [5.41, 5.74) is 0.490. The highest BCUT2D eigenvalue weighted by molar-refractivity contribution is 7.89. The number of sulfonamides is 1. The molecule has 1 aromatic heterocycles. The first kappa shape index (κ1) is 19.5. The second-order valence-electron chi connectivity index (χ2n) is 6.58. The third-order valence-corrected chi connectivity index (χ3v) is 6.93. The van der Waals surface area contributed by atoms with Crippen molar-refractivity contribution in [3.05, 3.63) is 42.0 Å². The molecule has 1 aliphatic heterocycles. The van der Waals surface area contributed by atoms with Crippen molar-refractivity contribution in [3.8, 4) is 0 Å². The van der Waals surface area contributed by atoms with Gasteiger partial charge in [-0.3, -0.25) is 4.79 Å². The molecule has 0 aliphatic carbocycles. The summed E-state index contributed by atoms with van der Waals surface area (Å²) >= 11 is 0. The lowest BCUT2D eigenvalue weighted by molar-refractivity contribution is 0.0773. The first-order valence-electron chi connectivity index (χ1n) is 9.15. The standard InChI is InChI=1S/C18H25N5O3S/c1-4-22(5-2)18(24)14-8-10-15(11-9-14)27(25,26)23-12-6-7-16(23)17-20-19-13-21(17)3/h8-11,13,16H,4-7,12H2,1-3H3. The van der Waals surface area contributed by atoms with Gasteiger partial charge >= 0.3 is 0 Å². The zero-order valence-electron chi connectivity index (χ0n) is 15.9. The predicted molar refractivity (Wildman–Crippen MR) is 101 cm³/mol. The molecular formula is C18H25N5O3S. The van der Waals surface area contributed by atoms with E-state index in [1.807, 2.05) is 20.9 Å². The molecule has 1 saturated heterocycles. The lowest BCUT2D eigenvalue weighted by Crippen LogP contribution is -2.32. The third-order valence-electron chi connectivity index (χ3n) is 5.01. The fourth-order valence-electron chi connectivity index (χ4n) is 3.48. The monoisotopic (exact) mass is 391 g/mol. The van der Waals surface area contributed by atoms with E-state index in [9.17, 15) is 13.2 Å². The van der Waals surface area contributed by atoms with Crippen molar-refractivity contribution >= 4 is 15.9 Å². The number of rotatable bonds is 6. The molecule has 1 amide bonds. The second-order valence-corrected chi connectivity index (χ2v) is 8.47. The van der Waals surface area contributed by atoms with Crippen molar-refractivity contribution in [2.24, 2.45) is 7.05 Å². The number of hydrogen-bond acceptors (Lipinski definition) is 5. The van der Waals surface area contributed by atoms with Crippen molar-refractivity contribution in [2.75, 3.05) is 19.6 Å². The third kappa shape index (κ3) is 3.61. The topological polar surface area (TPSA) is 88.4 Å². The lowest BCUT2D eigenvalue weighted by atomic mass is 10.2. The van der Waals surface area contributed by atoms with Gasteiger partial charge in [0.2, 0.25) is 10.0 Å². The van der Waals surface area contributed by atoms with E-state index in [1.54, 1.807) is 27.9 Å². The Morgan fingerprint density at radius 3 is 2.44 bits per heavy atom. The van der Waals surface area contributed by atoms with Crippen LogP contribution in [0.5, 0.6) is 0 Å². The van der Waals surface area contributed by atoms with E-state index in [-0.39, 0.29) is 16.8 Å². The van der Waals surface area contributed by atoms with Crippen LogP contribution < -0.4 is 0 Å². The Balaban J connectivity index is 1.87. The maximum absolute atomic E-state index is 13.2. The largest absolute Gasteiger partial charge is 0.339 e. The van der Waals surface area contributed by atoms with Crippen LogP contribution in [-0.4, -0.2) is 57.9 Å². The smallest absolute Gasteiger partial charge is 0.253 e. The zero-order valence-corrected chi connectivity index (χ0v) is 16.7. The Bertz CT molecular complexity index is 903. The Morgan fingerprint density at radius 2 is 1.89 bits per heavy atom. The van der Waals surface area contributed by atoms with Gasteiger partial charge < -0.3 is 9.47 Å². The van der Waals surface area contributed by atoms with Crippen molar-refractivity contribution in [1.82, 2.24) is 24.0 Å². The quantitative estimate of drug-likeness (QED) is 0.749. The minimum Gasteiger partial charge on any atom is -0.339 e. The molecule has 27 heavy (non-hydrogen) atoms. The van der Waals surface area contributed by atoms with Crippen molar-refractivity contribution in [1.29, 1.82) is 0 Å². The van der Waals surface area contributed by atoms with Crippen molar-refractivity contribution in [3.63, 3.8) is 0 Å². The number of aryl methyl sites for hydroxylation is 1. The molecule has 2 heterocycles. The summed E-state index contributed by atoms with van der Waals surface area (Å²) < 4.78 is 29.5. The molecule has 2 aromatic rings. The molecule has 3 rings (SSSR count). The molecule has 0 saturated carbocycles. The van der Waals surface area contributed by atoms with Crippen molar-refractivity contribution < 1.29 is 13.2 Å². The molecule has 0 N–H and O–H groups in total. The highest BCUT2D eigenvalue weighted by Gasteiger charge is 2.38. The van der Waals surface area contributed by atoms with Gasteiger partial charge in [0.05, 0.1) is 10.9 Å². The minimum absolute atomic E-state index is 0.0953. The second kappa shape index (κ2) is 7.77. The average molecular weight is 391 g/mol. The van der Waals surface area contributed by atoms with Gasteiger partial charge in [-0.05, 0) is 51.0 Å². The molecule has 0 radical (unpaired) electrons. The molecule has 1 aliphatic rings. The van der Waals surface area contributed by atoms with Crippen LogP contribution in [0.4, 0.5) is 0 Å². The molecular weight excluding hydrogens is 366 g/mol. The number of aromatic nitrogens is 3. The Hall–Kier alpha value is -2.26. The van der Waals surface area contributed by atoms with Gasteiger partial charge in [-0.2, -0.15) is 4.31 Å². The molecule has 1 aromatic carbocycles. The summed E-state index contributed by atoms with van der Waals surface area (Å²) in [6.07, 6.45) is 3.06. The van der Waals surface area contributed by atoms with E-state index < -0.39 is 10.0 Å². The van der Waals surface area contributed by atoms with Gasteiger partial charge in [-0.25, -0.2) is 8.42 Å². The summed E-state index contributed by atoms with van der Waals surface area (Å²) in [6.45, 7) is 5.51. The minimum atomic E-state index is -3.68. The number of amides is 1.